The van der Waals surface area contributed by atoms with Crippen LogP contribution in [0, 0.1) is 11.5 Å². The van der Waals surface area contributed by atoms with Crippen LogP contribution in [0.15, 0.2) is 27.5 Å². The van der Waals surface area contributed by atoms with Crippen LogP contribution in [-0.2, 0) is 0 Å². The van der Waals surface area contributed by atoms with E-state index in [1.807, 2.05) is 36.9 Å². The van der Waals surface area contributed by atoms with E-state index in [4.69, 9.17) is 5.26 Å². The van der Waals surface area contributed by atoms with Crippen molar-refractivity contribution in [2.75, 3.05) is 12.5 Å². The topological polar surface area (TPSA) is 61.1 Å². The van der Waals surface area contributed by atoms with Crippen molar-refractivity contribution in [3.8, 4) is 6.19 Å². The Morgan fingerprint density at radius 1 is 1.50 bits per heavy atom. The van der Waals surface area contributed by atoms with Gasteiger partial charge in [-0.1, -0.05) is 23.5 Å². The van der Waals surface area contributed by atoms with E-state index in [-0.39, 0.29) is 0 Å². The molecule has 4 nitrogen and oxygen atoms in total. The zero-order chi connectivity index (χ0) is 13.0. The maximum atomic E-state index is 8.59. The zero-order valence-corrected chi connectivity index (χ0v) is 12.2. The smallest absolute Gasteiger partial charge is 0.183 e. The largest absolute Gasteiger partial charge is 0.271 e. The average molecular weight is 294 g/mol. The van der Waals surface area contributed by atoms with Gasteiger partial charge in [-0.05, 0) is 30.7 Å². The average Bonchev–Trinajstić information content (AvgIpc) is 2.80. The molecule has 1 aromatic carbocycles. The lowest BCUT2D eigenvalue weighted by atomic mass is 10.3. The normalized spacial score (nSPS) is 11.5. The van der Waals surface area contributed by atoms with E-state index in [9.17, 15) is 0 Å². The third kappa shape index (κ3) is 2.96. The number of hydrogen-bond acceptors (Lipinski definition) is 6. The van der Waals surface area contributed by atoms with Crippen LogP contribution >= 0.6 is 34.9 Å². The van der Waals surface area contributed by atoms with Crippen LogP contribution in [0.4, 0.5) is 5.69 Å². The summed E-state index contributed by atoms with van der Waals surface area (Å²) in [5, 5.41) is 11.7. The molecule has 18 heavy (non-hydrogen) atoms. The summed E-state index contributed by atoms with van der Waals surface area (Å²) in [6.45, 7) is 0. The molecule has 0 fully saturated rings. The number of hydrogen-bond donors (Lipinski definition) is 1. The molecular weight excluding hydrogens is 284 g/mol. The molecule has 1 N–H and O–H groups in total. The number of benzene rings is 1. The van der Waals surface area contributed by atoms with Crippen molar-refractivity contribution in [3.63, 3.8) is 0 Å². The summed E-state index contributed by atoms with van der Waals surface area (Å²) in [7, 11) is 0. The van der Waals surface area contributed by atoms with Crippen molar-refractivity contribution >= 4 is 55.9 Å². The Kier molecular flexibility index (Phi) is 4.47. The van der Waals surface area contributed by atoms with Crippen LogP contribution in [0.1, 0.15) is 0 Å². The number of rotatable bonds is 2. The minimum atomic E-state index is 0.589. The third-order valence-electron chi connectivity index (χ3n) is 2.11. The number of thioether (sulfide) groups is 2. The van der Waals surface area contributed by atoms with Gasteiger partial charge in [0, 0.05) is 0 Å². The fourth-order valence-corrected chi connectivity index (χ4v) is 3.21. The summed E-state index contributed by atoms with van der Waals surface area (Å²) in [6, 6.07) is 5.85. The van der Waals surface area contributed by atoms with E-state index in [1.54, 1.807) is 23.1 Å². The quantitative estimate of drug-likeness (QED) is 0.302. The molecule has 0 unspecified atom stereocenters. The molecule has 1 aromatic heterocycles. The van der Waals surface area contributed by atoms with Gasteiger partial charge in [-0.3, -0.25) is 5.32 Å². The first kappa shape index (κ1) is 13.2. The minimum Gasteiger partial charge on any atom is -0.271 e. The van der Waals surface area contributed by atoms with Crippen LogP contribution in [-0.4, -0.2) is 22.7 Å². The molecule has 2 rings (SSSR count). The monoisotopic (exact) mass is 294 g/mol. The Morgan fingerprint density at radius 2 is 2.33 bits per heavy atom. The number of nitrogens with one attached hydrogen (secondary N) is 1. The highest BCUT2D eigenvalue weighted by Crippen LogP contribution is 2.30. The highest BCUT2D eigenvalue weighted by atomic mass is 32.2. The van der Waals surface area contributed by atoms with Gasteiger partial charge in [0.1, 0.15) is 0 Å². The molecule has 0 radical (unpaired) electrons. The van der Waals surface area contributed by atoms with E-state index in [0.717, 1.165) is 20.2 Å². The summed E-state index contributed by atoms with van der Waals surface area (Å²) in [5.41, 5.74) is 1.81. The summed E-state index contributed by atoms with van der Waals surface area (Å²) in [5.74, 6) is 0. The number of nitriles is 1. The van der Waals surface area contributed by atoms with Gasteiger partial charge < -0.3 is 0 Å². The minimum absolute atomic E-state index is 0.589. The van der Waals surface area contributed by atoms with Gasteiger partial charge in [0.05, 0.1) is 15.9 Å². The van der Waals surface area contributed by atoms with E-state index in [0.29, 0.717) is 5.17 Å². The first-order valence-electron chi connectivity index (χ1n) is 4.99. The molecule has 0 spiro atoms. The van der Waals surface area contributed by atoms with Crippen molar-refractivity contribution < 1.29 is 0 Å². The molecule has 0 atom stereocenters. The van der Waals surface area contributed by atoms with Crippen molar-refractivity contribution in [1.82, 2.24) is 10.3 Å². The SMILES string of the molecule is CSC(=Nc1ccc2nc(SC)sc2c1)NC#N. The summed E-state index contributed by atoms with van der Waals surface area (Å²) in [6.07, 6.45) is 5.76. The number of aliphatic imine (C=N–C) groups is 1. The molecule has 0 saturated heterocycles. The second-order valence-corrected chi connectivity index (χ2v) is 6.07. The first-order chi connectivity index (χ1) is 8.76. The van der Waals surface area contributed by atoms with Gasteiger partial charge in [-0.15, -0.1) is 11.3 Å². The predicted octanol–water partition coefficient (Wildman–Crippen LogP) is 3.44. The fourth-order valence-electron chi connectivity index (χ4n) is 1.34. The second kappa shape index (κ2) is 6.09. The van der Waals surface area contributed by atoms with Crippen LogP contribution in [0.5, 0.6) is 0 Å². The molecule has 2 aromatic rings. The maximum absolute atomic E-state index is 8.59. The molecule has 92 valence electrons. The second-order valence-electron chi connectivity index (χ2n) is 3.19. The molecule has 0 saturated carbocycles. The Labute approximate surface area is 118 Å². The zero-order valence-electron chi connectivity index (χ0n) is 9.80. The summed E-state index contributed by atoms with van der Waals surface area (Å²) >= 11 is 4.69. The third-order valence-corrected chi connectivity index (χ3v) is 4.70. The lowest BCUT2D eigenvalue weighted by molar-refractivity contribution is 1.28. The van der Waals surface area contributed by atoms with Gasteiger partial charge in [0.25, 0.3) is 0 Å². The number of amidine groups is 1. The lowest BCUT2D eigenvalue weighted by Gasteiger charge is -1.99. The summed E-state index contributed by atoms with van der Waals surface area (Å²) in [4.78, 5) is 8.84. The maximum Gasteiger partial charge on any atom is 0.183 e. The fraction of sp³-hybridized carbons (Fsp3) is 0.182. The molecule has 7 heteroatoms. The van der Waals surface area contributed by atoms with Crippen LogP contribution in [0.25, 0.3) is 10.2 Å². The number of aromatic nitrogens is 1. The van der Waals surface area contributed by atoms with E-state index >= 15 is 0 Å². The van der Waals surface area contributed by atoms with Crippen molar-refractivity contribution in [2.24, 2.45) is 4.99 Å². The van der Waals surface area contributed by atoms with Gasteiger partial charge in [0.15, 0.2) is 15.7 Å². The summed E-state index contributed by atoms with van der Waals surface area (Å²) < 4.78 is 2.16. The Hall–Kier alpha value is -1.23. The molecule has 0 aliphatic rings. The Balaban J connectivity index is 2.37. The van der Waals surface area contributed by atoms with Gasteiger partial charge in [-0.25, -0.2) is 9.98 Å². The molecule has 1 heterocycles. The first-order valence-corrected chi connectivity index (χ1v) is 8.26. The van der Waals surface area contributed by atoms with Crippen LogP contribution < -0.4 is 5.32 Å². The molecule has 0 aliphatic carbocycles. The van der Waals surface area contributed by atoms with Crippen LogP contribution in [0.3, 0.4) is 0 Å². The van der Waals surface area contributed by atoms with E-state index in [1.165, 1.54) is 11.8 Å². The van der Waals surface area contributed by atoms with Gasteiger partial charge in [-0.2, -0.15) is 5.26 Å². The molecular formula is C11H10N4S3. The van der Waals surface area contributed by atoms with E-state index in [2.05, 4.69) is 15.3 Å². The Morgan fingerprint density at radius 3 is 3.00 bits per heavy atom. The highest BCUT2D eigenvalue weighted by Gasteiger charge is 2.04. The number of thiazole rings is 1. The highest BCUT2D eigenvalue weighted by molar-refractivity contribution is 8.13. The van der Waals surface area contributed by atoms with E-state index < -0.39 is 0 Å². The van der Waals surface area contributed by atoms with Gasteiger partial charge >= 0.3 is 0 Å². The number of nitrogens with zero attached hydrogens (tertiary/aromatic N) is 3. The molecule has 0 amide bonds. The molecule has 0 aliphatic heterocycles. The lowest BCUT2D eigenvalue weighted by Crippen LogP contribution is -2.12. The van der Waals surface area contributed by atoms with Gasteiger partial charge in [0.2, 0.25) is 0 Å². The predicted molar refractivity (Wildman–Crippen MR) is 80.8 cm³/mol. The van der Waals surface area contributed by atoms with Crippen molar-refractivity contribution in [2.45, 2.75) is 4.34 Å². The molecule has 0 bridgehead atoms. The van der Waals surface area contributed by atoms with Crippen molar-refractivity contribution in [3.05, 3.63) is 18.2 Å². The number of fused-ring (bicyclic) bond motifs is 1. The standard InChI is InChI=1S/C11H10N4S3/c1-16-10(13-6-12)14-7-3-4-8-9(5-7)18-11(15-8)17-2/h3-5H,1-2H3,(H,13,14). The Bertz CT molecular complexity index is 627. The van der Waals surface area contributed by atoms with Crippen molar-refractivity contribution in [1.29, 1.82) is 5.26 Å². The van der Waals surface area contributed by atoms with Crippen LogP contribution in [0.2, 0.25) is 0 Å².